The number of nitrogen functional groups attached to an aromatic ring is 4. The molecule has 15 nitrogen and oxygen atoms in total. The Bertz CT molecular complexity index is 4360. The first-order chi connectivity index (χ1) is 44.1. The summed E-state index contributed by atoms with van der Waals surface area (Å²) in [7, 11) is 0. The summed E-state index contributed by atoms with van der Waals surface area (Å²) >= 11 is 66.6. The smallest absolute Gasteiger partial charge is 0.226 e. The molecule has 0 fully saturated rings. The van der Waals surface area contributed by atoms with Gasteiger partial charge in [0.25, 0.3) is 0 Å². The highest BCUT2D eigenvalue weighted by Crippen LogP contribution is 2.38. The second kappa shape index (κ2) is 32.8. The van der Waals surface area contributed by atoms with E-state index in [9.17, 15) is 0 Å². The third-order valence-corrected chi connectivity index (χ3v) is 17.2. The molecule has 0 amide bonds. The van der Waals surface area contributed by atoms with Gasteiger partial charge in [-0.1, -0.05) is 186 Å². The van der Waals surface area contributed by atoms with Gasteiger partial charge in [0.2, 0.25) is 11.9 Å². The largest absolute Gasteiger partial charge is 0.384 e. The summed E-state index contributed by atoms with van der Waals surface area (Å²) in [5, 5.41) is 22.3. The lowest BCUT2D eigenvalue weighted by atomic mass is 10.0. The van der Waals surface area contributed by atoms with Crippen LogP contribution in [0.3, 0.4) is 0 Å². The molecule has 0 saturated heterocycles. The van der Waals surface area contributed by atoms with Crippen molar-refractivity contribution in [1.82, 2.24) is 44.1 Å². The Morgan fingerprint density at radius 2 is 0.685 bits per heavy atom. The van der Waals surface area contributed by atoms with Gasteiger partial charge < -0.3 is 28.4 Å². The van der Waals surface area contributed by atoms with E-state index in [-0.39, 0.29) is 0 Å². The lowest BCUT2D eigenvalue weighted by Gasteiger charge is -2.11. The second-order valence-corrected chi connectivity index (χ2v) is 24.6. The van der Waals surface area contributed by atoms with Crippen LogP contribution in [0.25, 0.3) is 66.9 Å². The average molecular weight is 1450 g/mol. The molecule has 0 unspecified atom stereocenters. The van der Waals surface area contributed by atoms with Crippen LogP contribution in [0, 0.1) is 0 Å². The molecular weight excluding hydrogens is 1390 g/mol. The Kier molecular flexibility index (Phi) is 25.3. The Balaban J connectivity index is 0.000000148. The third-order valence-electron chi connectivity index (χ3n) is 14.3. The highest BCUT2D eigenvalue weighted by atomic mass is 35.5. The minimum absolute atomic E-state index is 0.315. The molecule has 0 radical (unpaired) electrons. The van der Waals surface area contributed by atoms with Crippen LogP contribution in [0.4, 0.5) is 23.5 Å². The number of hydrogen-bond donors (Lipinski definition) is 6. The molecule has 26 heteroatoms. The van der Waals surface area contributed by atoms with E-state index in [1.165, 1.54) is 0 Å². The molecule has 474 valence electrons. The standard InChI is InChI=1S/C14H12Cl2N4.C13H10Cl3N.C13H11Cl2N5.C13H13Cl2N3.C13H12Cl2N2/c1-2-8-5-13-18-19-14(17)20(13)7-11(8)10-4-3-9(15)6-12(10)16;1-2-8-5-13(16)17-7-11(8)10-4-3-9(14)6-12(10)15;14-8-1-2-9(11(15)4-8)10-6-20-12(3-7(10)5-16)18-19-13(20)17;1-2-8-5-13(18-16)17-7-11(8)10-4-3-9(14)6-12(10)15;1-2-8-5-13(16)17-7-11(8)10-4-3-9(14)6-12(10)15/h3-7H,2H2,1H3,(H2,17,19);3-7H,2H2,1H3;1-4,6H,5,16H2,(H2,17,19);3-7H,2,16H2,1H3,(H,17,18);3-7H,2H2,1H3,(H2,16,17). The number of nitrogens with two attached hydrogens (primary N) is 5. The van der Waals surface area contributed by atoms with Crippen molar-refractivity contribution >= 4 is 162 Å². The summed E-state index contributed by atoms with van der Waals surface area (Å²) in [6.07, 6.45) is 12.5. The van der Waals surface area contributed by atoms with Crippen molar-refractivity contribution in [3.8, 4) is 55.6 Å². The summed E-state index contributed by atoms with van der Waals surface area (Å²) in [6.45, 7) is 8.65. The highest BCUT2D eigenvalue weighted by Gasteiger charge is 2.17. The van der Waals surface area contributed by atoms with E-state index in [0.717, 1.165) is 115 Å². The number of halogens is 11. The van der Waals surface area contributed by atoms with Crippen LogP contribution in [-0.2, 0) is 32.2 Å². The maximum absolute atomic E-state index is 6.30. The number of pyridine rings is 5. The fraction of sp³-hybridized carbons (Fsp3) is 0.136. The van der Waals surface area contributed by atoms with Gasteiger partial charge in [0, 0.05) is 143 Å². The van der Waals surface area contributed by atoms with Crippen molar-refractivity contribution in [2.75, 3.05) is 22.6 Å². The summed E-state index contributed by atoms with van der Waals surface area (Å²) in [5.74, 6) is 7.19. The molecule has 12 rings (SSSR count). The molecule has 5 aromatic carbocycles. The molecule has 12 aromatic rings. The fourth-order valence-corrected chi connectivity index (χ4v) is 12.4. The highest BCUT2D eigenvalue weighted by molar-refractivity contribution is 6.39. The van der Waals surface area contributed by atoms with Crippen molar-refractivity contribution in [1.29, 1.82) is 0 Å². The Hall–Kier alpha value is -6.90. The van der Waals surface area contributed by atoms with Crippen LogP contribution in [0.15, 0.2) is 152 Å². The number of hydrazine groups is 1. The molecule has 92 heavy (non-hydrogen) atoms. The second-order valence-electron chi connectivity index (χ2n) is 20.0. The minimum atomic E-state index is 0.315. The number of aromatic nitrogens is 9. The maximum Gasteiger partial charge on any atom is 0.226 e. The Morgan fingerprint density at radius 1 is 0.359 bits per heavy atom. The van der Waals surface area contributed by atoms with Gasteiger partial charge in [-0.3, -0.25) is 8.80 Å². The molecule has 7 heterocycles. The van der Waals surface area contributed by atoms with Crippen molar-refractivity contribution < 1.29 is 0 Å². The van der Waals surface area contributed by atoms with Crippen LogP contribution < -0.4 is 34.2 Å². The lowest BCUT2D eigenvalue weighted by molar-refractivity contribution is 1.05. The van der Waals surface area contributed by atoms with Gasteiger partial charge in [-0.05, 0) is 144 Å². The van der Waals surface area contributed by atoms with Crippen molar-refractivity contribution in [2.45, 2.75) is 59.9 Å². The van der Waals surface area contributed by atoms with Crippen LogP contribution in [0.5, 0.6) is 0 Å². The zero-order valence-corrected chi connectivity index (χ0v) is 57.9. The quantitative estimate of drug-likeness (QED) is 0.0402. The molecule has 0 spiro atoms. The molecule has 0 aliphatic heterocycles. The third kappa shape index (κ3) is 17.5. The maximum atomic E-state index is 6.30. The monoisotopic (exact) mass is 1450 g/mol. The summed E-state index contributed by atoms with van der Waals surface area (Å²) < 4.78 is 3.44. The van der Waals surface area contributed by atoms with E-state index < -0.39 is 0 Å². The van der Waals surface area contributed by atoms with Crippen molar-refractivity contribution in [3.63, 3.8) is 0 Å². The van der Waals surface area contributed by atoms with Gasteiger partial charge in [-0.15, -0.1) is 20.4 Å². The molecule has 0 atom stereocenters. The minimum Gasteiger partial charge on any atom is -0.384 e. The van der Waals surface area contributed by atoms with Crippen LogP contribution >= 0.6 is 128 Å². The normalized spacial score (nSPS) is 10.8. The van der Waals surface area contributed by atoms with Gasteiger partial charge >= 0.3 is 0 Å². The van der Waals surface area contributed by atoms with Gasteiger partial charge in [0.1, 0.15) is 16.8 Å². The zero-order chi connectivity index (χ0) is 66.5. The molecular formula is C66H58Cl11N15. The van der Waals surface area contributed by atoms with Gasteiger partial charge in [0.15, 0.2) is 11.3 Å². The molecule has 0 saturated carbocycles. The Morgan fingerprint density at radius 3 is 1.05 bits per heavy atom. The van der Waals surface area contributed by atoms with Gasteiger partial charge in [-0.2, -0.15) is 0 Å². The van der Waals surface area contributed by atoms with Crippen molar-refractivity contribution in [2.24, 2.45) is 11.6 Å². The topological polar surface area (TPSA) is 241 Å². The van der Waals surface area contributed by atoms with Gasteiger partial charge in [0.05, 0.1) is 0 Å². The van der Waals surface area contributed by atoms with E-state index >= 15 is 0 Å². The summed E-state index contributed by atoms with van der Waals surface area (Å²) in [6, 6.07) is 36.6. The number of benzene rings is 5. The van der Waals surface area contributed by atoms with E-state index in [1.807, 2.05) is 97.3 Å². The first-order valence-electron chi connectivity index (χ1n) is 28.2. The SMILES string of the molecule is CCc1cc(Cl)ncc1-c1ccc(Cl)cc1Cl.CCc1cc(N)ncc1-c1ccc(Cl)cc1Cl.CCc1cc(NN)ncc1-c1ccc(Cl)cc1Cl.CCc1cc2nnc(N)n2cc1-c1ccc(Cl)cc1Cl.NCc1cc2nnc(N)n2cc1-c1ccc(Cl)cc1Cl. The van der Waals surface area contributed by atoms with E-state index in [0.29, 0.717) is 91.1 Å². The van der Waals surface area contributed by atoms with E-state index in [2.05, 4.69) is 68.5 Å². The van der Waals surface area contributed by atoms with Crippen LogP contribution in [-0.4, -0.2) is 44.1 Å². The molecule has 11 N–H and O–H groups in total. The van der Waals surface area contributed by atoms with Crippen LogP contribution in [0.1, 0.15) is 55.5 Å². The predicted octanol–water partition coefficient (Wildman–Crippen LogP) is 20.0. The molecule has 0 bridgehead atoms. The number of rotatable bonds is 11. The molecule has 0 aliphatic carbocycles. The first kappa shape index (κ1) is 71.0. The lowest BCUT2D eigenvalue weighted by Crippen LogP contribution is -2.09. The number of aryl methyl sites for hydroxylation is 4. The predicted molar refractivity (Wildman–Crippen MR) is 387 cm³/mol. The van der Waals surface area contributed by atoms with Gasteiger partial charge in [-0.25, -0.2) is 20.8 Å². The van der Waals surface area contributed by atoms with E-state index in [1.54, 1.807) is 63.8 Å². The average Bonchev–Trinajstić information content (AvgIpc) is 1.58. The summed E-state index contributed by atoms with van der Waals surface area (Å²) in [5.41, 5.74) is 41.8. The first-order valence-corrected chi connectivity index (χ1v) is 32.3. The number of anilines is 4. The molecule has 0 aliphatic rings. The fourth-order valence-electron chi connectivity index (χ4n) is 9.64. The molecule has 7 aromatic heterocycles. The number of nitrogens with zero attached hydrogens (tertiary/aromatic N) is 9. The summed E-state index contributed by atoms with van der Waals surface area (Å²) in [4.78, 5) is 12.4. The zero-order valence-electron chi connectivity index (χ0n) is 49.5. The number of hydrogen-bond acceptors (Lipinski definition) is 13. The van der Waals surface area contributed by atoms with E-state index in [4.69, 9.17) is 156 Å². The Labute approximate surface area is 587 Å². The number of fused-ring (bicyclic) bond motifs is 2. The number of nitrogens with one attached hydrogen (secondary N) is 1. The van der Waals surface area contributed by atoms with Crippen molar-refractivity contribution in [3.05, 3.63) is 236 Å². The van der Waals surface area contributed by atoms with Crippen LogP contribution in [0.2, 0.25) is 55.4 Å².